The van der Waals surface area contributed by atoms with Crippen molar-refractivity contribution in [3.8, 4) is 0 Å². The lowest BCUT2D eigenvalue weighted by atomic mass is 10.1. The minimum atomic E-state index is -0.772. The van der Waals surface area contributed by atoms with E-state index >= 15 is 0 Å². The number of nitrogens with one attached hydrogen (secondary N) is 2. The lowest BCUT2D eigenvalue weighted by Crippen LogP contribution is -2.33. The molecule has 0 spiro atoms. The highest BCUT2D eigenvalue weighted by atomic mass is 79.9. The van der Waals surface area contributed by atoms with Gasteiger partial charge in [-0.1, -0.05) is 22.0 Å². The predicted molar refractivity (Wildman–Crippen MR) is 98.6 cm³/mol. The molecule has 6 N–H and O–H groups in total. The third-order valence-electron chi connectivity index (χ3n) is 3.28. The van der Waals surface area contributed by atoms with Gasteiger partial charge in [0.15, 0.2) is 0 Å². The van der Waals surface area contributed by atoms with Gasteiger partial charge in [0, 0.05) is 26.9 Å². The minimum Gasteiger partial charge on any atom is -0.366 e. The largest absolute Gasteiger partial charge is 0.366 e. The number of amides is 4. The van der Waals surface area contributed by atoms with Crippen LogP contribution in [0.15, 0.2) is 46.9 Å². The van der Waals surface area contributed by atoms with E-state index in [9.17, 15) is 19.2 Å². The lowest BCUT2D eigenvalue weighted by molar-refractivity contribution is -0.115. The molecule has 0 aliphatic carbocycles. The van der Waals surface area contributed by atoms with Crippen LogP contribution >= 0.6 is 15.9 Å². The Labute approximate surface area is 157 Å². The fourth-order valence-electron chi connectivity index (χ4n) is 2.08. The normalized spacial score (nSPS) is 10.0. The van der Waals surface area contributed by atoms with Crippen molar-refractivity contribution in [2.75, 3.05) is 11.9 Å². The number of rotatable bonds is 6. The molecule has 0 aromatic heterocycles. The number of nitrogens with two attached hydrogens (primary N) is 2. The van der Waals surface area contributed by atoms with E-state index in [-0.39, 0.29) is 23.4 Å². The molecule has 2 aromatic carbocycles. The molecular weight excluding hydrogens is 404 g/mol. The zero-order valence-electron chi connectivity index (χ0n) is 13.4. The zero-order chi connectivity index (χ0) is 19.3. The van der Waals surface area contributed by atoms with E-state index in [1.165, 1.54) is 18.2 Å². The molecule has 0 radical (unpaired) electrons. The summed E-state index contributed by atoms with van der Waals surface area (Å²) in [7, 11) is 0. The van der Waals surface area contributed by atoms with Crippen LogP contribution in [0.25, 0.3) is 0 Å². The molecule has 9 heteroatoms. The van der Waals surface area contributed by atoms with Crippen molar-refractivity contribution >= 4 is 45.2 Å². The molecule has 26 heavy (non-hydrogen) atoms. The Kier molecular flexibility index (Phi) is 6.07. The van der Waals surface area contributed by atoms with Gasteiger partial charge in [0.1, 0.15) is 0 Å². The van der Waals surface area contributed by atoms with Gasteiger partial charge in [0.2, 0.25) is 17.7 Å². The topological polar surface area (TPSA) is 144 Å². The Balaban J connectivity index is 2.04. The summed E-state index contributed by atoms with van der Waals surface area (Å²) in [6.45, 7) is -0.307. The van der Waals surface area contributed by atoms with E-state index in [4.69, 9.17) is 11.5 Å². The van der Waals surface area contributed by atoms with Gasteiger partial charge >= 0.3 is 0 Å². The van der Waals surface area contributed by atoms with Crippen molar-refractivity contribution in [2.45, 2.75) is 0 Å². The summed E-state index contributed by atoms with van der Waals surface area (Å²) in [5, 5.41) is 4.94. The van der Waals surface area contributed by atoms with Gasteiger partial charge in [0.25, 0.3) is 5.91 Å². The SMILES string of the molecule is NC(=O)c1cc(NC(=O)CNC(=O)c2cccc(Br)c2)cc(C(N)=O)c1. The summed E-state index contributed by atoms with van der Waals surface area (Å²) in [4.78, 5) is 46.6. The first-order valence-corrected chi connectivity index (χ1v) is 8.14. The van der Waals surface area contributed by atoms with E-state index < -0.39 is 23.6 Å². The highest BCUT2D eigenvalue weighted by Gasteiger charge is 2.12. The van der Waals surface area contributed by atoms with E-state index in [0.717, 1.165) is 4.47 Å². The van der Waals surface area contributed by atoms with Crippen molar-refractivity contribution < 1.29 is 19.2 Å². The molecule has 0 fully saturated rings. The van der Waals surface area contributed by atoms with Crippen molar-refractivity contribution in [2.24, 2.45) is 11.5 Å². The fraction of sp³-hybridized carbons (Fsp3) is 0.0588. The predicted octanol–water partition coefficient (Wildman–Crippen LogP) is 1.02. The molecule has 8 nitrogen and oxygen atoms in total. The standard InChI is InChI=1S/C17H15BrN4O4/c18-12-3-1-2-9(5-12)17(26)21-8-14(23)22-13-6-10(15(19)24)4-11(7-13)16(20)25/h1-7H,8H2,(H2,19,24)(H2,20,25)(H,21,26)(H,22,23). The third-order valence-corrected chi connectivity index (χ3v) is 3.78. The van der Waals surface area contributed by atoms with Crippen LogP contribution in [0, 0.1) is 0 Å². The van der Waals surface area contributed by atoms with Crippen LogP contribution in [0.3, 0.4) is 0 Å². The Morgan fingerprint density at radius 1 is 0.885 bits per heavy atom. The summed E-state index contributed by atoms with van der Waals surface area (Å²) >= 11 is 3.26. The summed E-state index contributed by atoms with van der Waals surface area (Å²) in [6.07, 6.45) is 0. The van der Waals surface area contributed by atoms with Crippen LogP contribution in [-0.4, -0.2) is 30.2 Å². The second kappa shape index (κ2) is 8.26. The van der Waals surface area contributed by atoms with Crippen molar-refractivity contribution in [1.82, 2.24) is 5.32 Å². The number of benzene rings is 2. The van der Waals surface area contributed by atoms with Gasteiger partial charge in [-0.2, -0.15) is 0 Å². The second-order valence-corrected chi connectivity index (χ2v) is 6.18. The van der Waals surface area contributed by atoms with E-state index in [1.54, 1.807) is 24.3 Å². The maximum Gasteiger partial charge on any atom is 0.251 e. The summed E-state index contributed by atoms with van der Waals surface area (Å²) in [5.41, 5.74) is 11.0. The zero-order valence-corrected chi connectivity index (χ0v) is 15.0. The smallest absolute Gasteiger partial charge is 0.251 e. The fourth-order valence-corrected chi connectivity index (χ4v) is 2.48. The molecule has 0 aliphatic heterocycles. The molecule has 0 saturated carbocycles. The van der Waals surface area contributed by atoms with E-state index in [2.05, 4.69) is 26.6 Å². The molecule has 0 saturated heterocycles. The van der Waals surface area contributed by atoms with Gasteiger partial charge in [-0.15, -0.1) is 0 Å². The number of carbonyl (C=O) groups is 4. The van der Waals surface area contributed by atoms with Gasteiger partial charge in [-0.3, -0.25) is 19.2 Å². The quantitative estimate of drug-likeness (QED) is 0.554. The third kappa shape index (κ3) is 5.15. The maximum absolute atomic E-state index is 12.0. The first kappa shape index (κ1) is 19.1. The first-order valence-electron chi connectivity index (χ1n) is 7.34. The average Bonchev–Trinajstić information content (AvgIpc) is 2.59. The van der Waals surface area contributed by atoms with Crippen LogP contribution in [0.2, 0.25) is 0 Å². The number of anilines is 1. The van der Waals surface area contributed by atoms with Crippen LogP contribution in [0.5, 0.6) is 0 Å². The Hall–Kier alpha value is -3.20. The van der Waals surface area contributed by atoms with Gasteiger partial charge in [0.05, 0.1) is 6.54 Å². The van der Waals surface area contributed by atoms with Gasteiger partial charge < -0.3 is 22.1 Å². The number of halogens is 1. The van der Waals surface area contributed by atoms with Crippen molar-refractivity contribution in [3.05, 3.63) is 63.6 Å². The van der Waals surface area contributed by atoms with Crippen LogP contribution in [0.1, 0.15) is 31.1 Å². The highest BCUT2D eigenvalue weighted by molar-refractivity contribution is 9.10. The van der Waals surface area contributed by atoms with Gasteiger partial charge in [-0.05, 0) is 36.4 Å². The lowest BCUT2D eigenvalue weighted by Gasteiger charge is -2.09. The van der Waals surface area contributed by atoms with Crippen molar-refractivity contribution in [1.29, 1.82) is 0 Å². The molecule has 2 rings (SSSR count). The molecule has 0 bridgehead atoms. The number of hydrogen-bond acceptors (Lipinski definition) is 4. The van der Waals surface area contributed by atoms with Crippen LogP contribution in [-0.2, 0) is 4.79 Å². The van der Waals surface area contributed by atoms with E-state index in [1.807, 2.05) is 0 Å². The molecule has 0 heterocycles. The number of hydrogen-bond donors (Lipinski definition) is 4. The molecule has 0 aliphatic rings. The monoisotopic (exact) mass is 418 g/mol. The molecule has 2 aromatic rings. The molecular formula is C17H15BrN4O4. The molecule has 0 atom stereocenters. The summed E-state index contributed by atoms with van der Waals surface area (Å²) in [6, 6.07) is 10.5. The Morgan fingerprint density at radius 3 is 2.04 bits per heavy atom. The molecule has 0 unspecified atom stereocenters. The first-order chi connectivity index (χ1) is 12.3. The summed E-state index contributed by atoms with van der Waals surface area (Å²) < 4.78 is 0.733. The maximum atomic E-state index is 12.0. The molecule has 4 amide bonds. The Bertz CT molecular complexity index is 866. The minimum absolute atomic E-state index is 0.0229. The van der Waals surface area contributed by atoms with Gasteiger partial charge in [-0.25, -0.2) is 0 Å². The van der Waals surface area contributed by atoms with E-state index in [0.29, 0.717) is 5.56 Å². The summed E-state index contributed by atoms with van der Waals surface area (Å²) in [5.74, 6) is -2.52. The Morgan fingerprint density at radius 2 is 1.50 bits per heavy atom. The molecule has 134 valence electrons. The van der Waals surface area contributed by atoms with Crippen LogP contribution < -0.4 is 22.1 Å². The number of primary amides is 2. The highest BCUT2D eigenvalue weighted by Crippen LogP contribution is 2.15. The number of carbonyl (C=O) groups excluding carboxylic acids is 4. The van der Waals surface area contributed by atoms with Crippen molar-refractivity contribution in [3.63, 3.8) is 0 Å². The van der Waals surface area contributed by atoms with Crippen LogP contribution in [0.4, 0.5) is 5.69 Å². The second-order valence-electron chi connectivity index (χ2n) is 5.27. The average molecular weight is 419 g/mol.